The maximum atomic E-state index is 10.8. The molecule has 4 nitrogen and oxygen atoms in total. The summed E-state index contributed by atoms with van der Waals surface area (Å²) in [7, 11) is 0. The fourth-order valence-electron chi connectivity index (χ4n) is 2.47. The Morgan fingerprint density at radius 1 is 1.56 bits per heavy atom. The molecule has 0 saturated carbocycles. The molecule has 0 aliphatic carbocycles. The highest BCUT2D eigenvalue weighted by Crippen LogP contribution is 2.24. The van der Waals surface area contributed by atoms with E-state index in [1.54, 1.807) is 6.92 Å². The van der Waals surface area contributed by atoms with Crippen LogP contribution in [-0.2, 0) is 4.79 Å². The Balaban J connectivity index is 2.32. The normalized spacial score (nSPS) is 26.7. The van der Waals surface area contributed by atoms with Crippen LogP contribution in [0.3, 0.4) is 0 Å². The lowest BCUT2D eigenvalue weighted by molar-refractivity contribution is -0.119. The lowest BCUT2D eigenvalue weighted by atomic mass is 9.89. The van der Waals surface area contributed by atoms with Crippen LogP contribution in [0.25, 0.3) is 0 Å². The van der Waals surface area contributed by atoms with Gasteiger partial charge in [0.05, 0.1) is 0 Å². The largest absolute Gasteiger partial charge is 0.355 e. The molecule has 0 aromatic carbocycles. The summed E-state index contributed by atoms with van der Waals surface area (Å²) in [5, 5.41) is 2.84. The Labute approximate surface area is 98.6 Å². The summed E-state index contributed by atoms with van der Waals surface area (Å²) in [6, 6.07) is 0.507. The molecule has 4 heteroatoms. The first-order valence-electron chi connectivity index (χ1n) is 6.35. The zero-order chi connectivity index (χ0) is 12.0. The summed E-state index contributed by atoms with van der Waals surface area (Å²) in [6.07, 6.45) is 3.75. The van der Waals surface area contributed by atoms with Crippen molar-refractivity contribution in [3.63, 3.8) is 0 Å². The minimum absolute atomic E-state index is 0.0488. The second kappa shape index (κ2) is 6.86. The van der Waals surface area contributed by atoms with Crippen LogP contribution in [0.5, 0.6) is 0 Å². The van der Waals surface area contributed by atoms with Gasteiger partial charge in [0.25, 0.3) is 0 Å². The number of rotatable bonds is 5. The number of carbonyl (C=O) groups is 1. The quantitative estimate of drug-likeness (QED) is 0.722. The van der Waals surface area contributed by atoms with Gasteiger partial charge in [0.15, 0.2) is 0 Å². The molecule has 0 bridgehead atoms. The molecule has 1 aliphatic heterocycles. The minimum atomic E-state index is 0.0488. The SMILES string of the molecule is CCC1CCN(CCNC(C)=O)C(CN)C1. The summed E-state index contributed by atoms with van der Waals surface area (Å²) in [4.78, 5) is 13.2. The third-order valence-corrected chi connectivity index (χ3v) is 3.57. The number of nitrogens with zero attached hydrogens (tertiary/aromatic N) is 1. The zero-order valence-electron chi connectivity index (χ0n) is 10.5. The first-order valence-corrected chi connectivity index (χ1v) is 6.35. The molecule has 1 saturated heterocycles. The van der Waals surface area contributed by atoms with Crippen molar-refractivity contribution in [3.05, 3.63) is 0 Å². The van der Waals surface area contributed by atoms with E-state index in [4.69, 9.17) is 5.73 Å². The van der Waals surface area contributed by atoms with Crippen molar-refractivity contribution in [2.45, 2.75) is 39.2 Å². The molecule has 2 unspecified atom stereocenters. The van der Waals surface area contributed by atoms with Crippen LogP contribution in [0, 0.1) is 5.92 Å². The summed E-state index contributed by atoms with van der Waals surface area (Å²) >= 11 is 0. The van der Waals surface area contributed by atoms with Crippen molar-refractivity contribution in [1.82, 2.24) is 10.2 Å². The Hall–Kier alpha value is -0.610. The third-order valence-electron chi connectivity index (χ3n) is 3.57. The Bertz CT molecular complexity index is 220. The van der Waals surface area contributed by atoms with Crippen LogP contribution in [0.4, 0.5) is 0 Å². The van der Waals surface area contributed by atoms with Gasteiger partial charge >= 0.3 is 0 Å². The van der Waals surface area contributed by atoms with Gasteiger partial charge in [0, 0.05) is 32.6 Å². The minimum Gasteiger partial charge on any atom is -0.355 e. The van der Waals surface area contributed by atoms with E-state index >= 15 is 0 Å². The number of carbonyl (C=O) groups excluding carboxylic acids is 1. The highest BCUT2D eigenvalue weighted by atomic mass is 16.1. The smallest absolute Gasteiger partial charge is 0.216 e. The van der Waals surface area contributed by atoms with Crippen molar-refractivity contribution >= 4 is 5.91 Å². The molecule has 0 spiro atoms. The van der Waals surface area contributed by atoms with Crippen molar-refractivity contribution in [3.8, 4) is 0 Å². The second-order valence-electron chi connectivity index (χ2n) is 4.71. The molecular weight excluding hydrogens is 202 g/mol. The molecule has 0 aromatic heterocycles. The van der Waals surface area contributed by atoms with E-state index in [0.717, 1.165) is 32.1 Å². The third kappa shape index (κ3) is 4.10. The summed E-state index contributed by atoms with van der Waals surface area (Å²) in [6.45, 7) is 7.34. The number of hydrogen-bond acceptors (Lipinski definition) is 3. The molecule has 0 aromatic rings. The van der Waals surface area contributed by atoms with Crippen molar-refractivity contribution in [2.24, 2.45) is 11.7 Å². The lowest BCUT2D eigenvalue weighted by Crippen LogP contribution is -2.49. The van der Waals surface area contributed by atoms with Crippen LogP contribution in [0.15, 0.2) is 0 Å². The average Bonchev–Trinajstić information content (AvgIpc) is 2.29. The maximum Gasteiger partial charge on any atom is 0.216 e. The molecule has 1 rings (SSSR count). The van der Waals surface area contributed by atoms with E-state index in [-0.39, 0.29) is 5.91 Å². The van der Waals surface area contributed by atoms with Gasteiger partial charge in [-0.25, -0.2) is 0 Å². The van der Waals surface area contributed by atoms with E-state index in [9.17, 15) is 4.79 Å². The van der Waals surface area contributed by atoms with E-state index in [2.05, 4.69) is 17.1 Å². The van der Waals surface area contributed by atoms with Crippen LogP contribution < -0.4 is 11.1 Å². The van der Waals surface area contributed by atoms with E-state index in [0.29, 0.717) is 6.04 Å². The molecule has 2 atom stereocenters. The monoisotopic (exact) mass is 227 g/mol. The molecule has 1 aliphatic rings. The predicted octanol–water partition coefficient (Wildman–Crippen LogP) is 0.572. The topological polar surface area (TPSA) is 58.4 Å². The Morgan fingerprint density at radius 2 is 2.31 bits per heavy atom. The number of amides is 1. The van der Waals surface area contributed by atoms with Crippen LogP contribution in [-0.4, -0.2) is 43.0 Å². The summed E-state index contributed by atoms with van der Waals surface area (Å²) in [5.41, 5.74) is 5.81. The number of piperidine rings is 1. The molecule has 16 heavy (non-hydrogen) atoms. The van der Waals surface area contributed by atoms with E-state index in [1.165, 1.54) is 19.3 Å². The van der Waals surface area contributed by atoms with E-state index in [1.807, 2.05) is 0 Å². The lowest BCUT2D eigenvalue weighted by Gasteiger charge is -2.38. The molecule has 1 heterocycles. The number of hydrogen-bond donors (Lipinski definition) is 2. The van der Waals surface area contributed by atoms with Gasteiger partial charge < -0.3 is 11.1 Å². The molecule has 1 amide bonds. The molecule has 1 fully saturated rings. The van der Waals surface area contributed by atoms with Crippen LogP contribution in [0.1, 0.15) is 33.1 Å². The number of likely N-dealkylation sites (tertiary alicyclic amines) is 1. The zero-order valence-corrected chi connectivity index (χ0v) is 10.5. The highest BCUT2D eigenvalue weighted by molar-refractivity contribution is 5.72. The molecule has 3 N–H and O–H groups in total. The first kappa shape index (κ1) is 13.5. The van der Waals surface area contributed by atoms with Gasteiger partial charge in [0.2, 0.25) is 5.91 Å². The van der Waals surface area contributed by atoms with Crippen molar-refractivity contribution in [2.75, 3.05) is 26.2 Å². The van der Waals surface area contributed by atoms with Gasteiger partial charge in [-0.05, 0) is 25.3 Å². The van der Waals surface area contributed by atoms with Gasteiger partial charge in [-0.1, -0.05) is 13.3 Å². The first-order chi connectivity index (χ1) is 7.67. The van der Waals surface area contributed by atoms with Crippen molar-refractivity contribution in [1.29, 1.82) is 0 Å². The van der Waals surface area contributed by atoms with Crippen molar-refractivity contribution < 1.29 is 4.79 Å². The molecular formula is C12H25N3O. The summed E-state index contributed by atoms with van der Waals surface area (Å²) < 4.78 is 0. The van der Waals surface area contributed by atoms with Gasteiger partial charge in [-0.2, -0.15) is 0 Å². The van der Waals surface area contributed by atoms with Gasteiger partial charge in [0.1, 0.15) is 0 Å². The molecule has 0 radical (unpaired) electrons. The van der Waals surface area contributed by atoms with Gasteiger partial charge in [-0.15, -0.1) is 0 Å². The van der Waals surface area contributed by atoms with Gasteiger partial charge in [-0.3, -0.25) is 9.69 Å². The number of nitrogens with one attached hydrogen (secondary N) is 1. The predicted molar refractivity (Wildman–Crippen MR) is 66.1 cm³/mol. The fourth-order valence-corrected chi connectivity index (χ4v) is 2.47. The summed E-state index contributed by atoms with van der Waals surface area (Å²) in [5.74, 6) is 0.887. The maximum absolute atomic E-state index is 10.8. The molecule has 94 valence electrons. The van der Waals surface area contributed by atoms with Crippen LogP contribution >= 0.6 is 0 Å². The van der Waals surface area contributed by atoms with E-state index < -0.39 is 0 Å². The number of nitrogens with two attached hydrogens (primary N) is 1. The Kier molecular flexibility index (Phi) is 5.77. The highest BCUT2D eigenvalue weighted by Gasteiger charge is 2.25. The fraction of sp³-hybridized carbons (Fsp3) is 0.917. The van der Waals surface area contributed by atoms with Crippen LogP contribution in [0.2, 0.25) is 0 Å². The average molecular weight is 227 g/mol. The second-order valence-corrected chi connectivity index (χ2v) is 4.71. The Morgan fingerprint density at radius 3 is 2.88 bits per heavy atom. The standard InChI is InChI=1S/C12H25N3O/c1-3-11-4-6-15(12(8-11)9-13)7-5-14-10(2)16/h11-12H,3-9,13H2,1-2H3,(H,14,16).